The smallest absolute Gasteiger partial charge is 0.338 e. The fourth-order valence-electron chi connectivity index (χ4n) is 2.51. The molecule has 2 aromatic carbocycles. The molecule has 0 unspecified atom stereocenters. The molecular formula is C21H25NO4. The summed E-state index contributed by atoms with van der Waals surface area (Å²) in [5.41, 5.74) is 3.70. The van der Waals surface area contributed by atoms with Crippen LogP contribution in [0.3, 0.4) is 0 Å². The van der Waals surface area contributed by atoms with E-state index in [4.69, 9.17) is 9.47 Å². The standard InChI is InChI=1S/C21H25NO4/c1-6-25-21(24)17-8-7-9-18(15(17)4)22-20(23)16(5)26-19-12-13(2)10-11-14(19)3/h7-12,16H,6H2,1-5H3,(H,22,23)/t16-/m0/s1. The zero-order valence-electron chi connectivity index (χ0n) is 15.9. The van der Waals surface area contributed by atoms with Crippen molar-refractivity contribution < 1.29 is 19.1 Å². The molecule has 2 rings (SSSR count). The van der Waals surface area contributed by atoms with E-state index in [1.54, 1.807) is 39.0 Å². The molecule has 0 bridgehead atoms. The monoisotopic (exact) mass is 355 g/mol. The highest BCUT2D eigenvalue weighted by atomic mass is 16.5. The fraction of sp³-hybridized carbons (Fsp3) is 0.333. The molecule has 0 spiro atoms. The van der Waals surface area contributed by atoms with E-state index < -0.39 is 12.1 Å². The van der Waals surface area contributed by atoms with Crippen LogP contribution in [-0.2, 0) is 9.53 Å². The van der Waals surface area contributed by atoms with Crippen LogP contribution in [-0.4, -0.2) is 24.6 Å². The summed E-state index contributed by atoms with van der Waals surface area (Å²) in [7, 11) is 0. The van der Waals surface area contributed by atoms with E-state index in [9.17, 15) is 9.59 Å². The quantitative estimate of drug-likeness (QED) is 0.789. The lowest BCUT2D eigenvalue weighted by Crippen LogP contribution is -2.30. The van der Waals surface area contributed by atoms with Crippen LogP contribution in [0.5, 0.6) is 5.75 Å². The summed E-state index contributed by atoms with van der Waals surface area (Å²) in [5, 5.41) is 2.83. The van der Waals surface area contributed by atoms with Crippen molar-refractivity contribution in [3.05, 3.63) is 58.7 Å². The van der Waals surface area contributed by atoms with Gasteiger partial charge in [0.2, 0.25) is 0 Å². The van der Waals surface area contributed by atoms with E-state index in [1.807, 2.05) is 32.0 Å². The molecule has 0 radical (unpaired) electrons. The van der Waals surface area contributed by atoms with Crippen molar-refractivity contribution >= 4 is 17.6 Å². The van der Waals surface area contributed by atoms with E-state index in [0.29, 0.717) is 29.2 Å². The van der Waals surface area contributed by atoms with Crippen molar-refractivity contribution in [1.82, 2.24) is 0 Å². The molecule has 0 saturated carbocycles. The number of ether oxygens (including phenoxy) is 2. The number of benzene rings is 2. The highest BCUT2D eigenvalue weighted by Crippen LogP contribution is 2.23. The lowest BCUT2D eigenvalue weighted by atomic mass is 10.1. The molecule has 1 atom stereocenters. The zero-order valence-corrected chi connectivity index (χ0v) is 15.9. The second-order valence-corrected chi connectivity index (χ2v) is 6.22. The largest absolute Gasteiger partial charge is 0.481 e. The predicted octanol–water partition coefficient (Wildman–Crippen LogP) is 4.19. The third-order valence-electron chi connectivity index (χ3n) is 4.10. The van der Waals surface area contributed by atoms with E-state index in [-0.39, 0.29) is 5.91 Å². The van der Waals surface area contributed by atoms with Crippen molar-refractivity contribution in [2.75, 3.05) is 11.9 Å². The van der Waals surface area contributed by atoms with Crippen LogP contribution in [0, 0.1) is 20.8 Å². The number of anilines is 1. The van der Waals surface area contributed by atoms with Crippen LogP contribution < -0.4 is 10.1 Å². The van der Waals surface area contributed by atoms with Gasteiger partial charge >= 0.3 is 5.97 Å². The molecule has 5 nitrogen and oxygen atoms in total. The molecular weight excluding hydrogens is 330 g/mol. The number of hydrogen-bond donors (Lipinski definition) is 1. The maximum Gasteiger partial charge on any atom is 0.338 e. The zero-order chi connectivity index (χ0) is 19.3. The van der Waals surface area contributed by atoms with Crippen molar-refractivity contribution in [1.29, 1.82) is 0 Å². The molecule has 5 heteroatoms. The Morgan fingerprint density at radius 3 is 2.54 bits per heavy atom. The fourth-order valence-corrected chi connectivity index (χ4v) is 2.51. The molecule has 0 aromatic heterocycles. The summed E-state index contributed by atoms with van der Waals surface area (Å²) in [5.74, 6) is 0.000411. The van der Waals surface area contributed by atoms with E-state index in [1.165, 1.54) is 0 Å². The summed E-state index contributed by atoms with van der Waals surface area (Å²) in [6.07, 6.45) is -0.679. The molecule has 26 heavy (non-hydrogen) atoms. The predicted molar refractivity (Wildman–Crippen MR) is 102 cm³/mol. The maximum absolute atomic E-state index is 12.5. The number of aryl methyl sites for hydroxylation is 2. The lowest BCUT2D eigenvalue weighted by molar-refractivity contribution is -0.122. The Kier molecular flexibility index (Phi) is 6.39. The van der Waals surface area contributed by atoms with Gasteiger partial charge in [-0.25, -0.2) is 4.79 Å². The first-order chi connectivity index (χ1) is 12.3. The molecule has 2 aromatic rings. The molecule has 0 aliphatic carbocycles. The van der Waals surface area contributed by atoms with Gasteiger partial charge in [-0.2, -0.15) is 0 Å². The molecule has 1 N–H and O–H groups in total. The Morgan fingerprint density at radius 1 is 1.12 bits per heavy atom. The van der Waals surface area contributed by atoms with Crippen LogP contribution in [0.25, 0.3) is 0 Å². The number of rotatable bonds is 6. The van der Waals surface area contributed by atoms with Crippen molar-refractivity contribution in [2.24, 2.45) is 0 Å². The average molecular weight is 355 g/mol. The highest BCUT2D eigenvalue weighted by molar-refractivity contribution is 5.98. The third kappa shape index (κ3) is 4.63. The Balaban J connectivity index is 2.13. The SMILES string of the molecule is CCOC(=O)c1cccc(NC(=O)[C@H](C)Oc2cc(C)ccc2C)c1C. The van der Waals surface area contributed by atoms with Gasteiger partial charge in [0.1, 0.15) is 5.75 Å². The van der Waals surface area contributed by atoms with E-state index in [0.717, 1.165) is 11.1 Å². The number of carbonyl (C=O) groups excluding carboxylic acids is 2. The van der Waals surface area contributed by atoms with Crippen LogP contribution in [0.1, 0.15) is 40.9 Å². The Bertz CT molecular complexity index is 814. The maximum atomic E-state index is 12.5. The van der Waals surface area contributed by atoms with Gasteiger partial charge < -0.3 is 14.8 Å². The number of carbonyl (C=O) groups is 2. The van der Waals surface area contributed by atoms with Gasteiger partial charge in [0, 0.05) is 5.69 Å². The summed E-state index contributed by atoms with van der Waals surface area (Å²) in [6.45, 7) is 9.44. The molecule has 1 amide bonds. The normalized spacial score (nSPS) is 11.6. The van der Waals surface area contributed by atoms with Gasteiger partial charge in [-0.05, 0) is 69.5 Å². The minimum atomic E-state index is -0.679. The van der Waals surface area contributed by atoms with Crippen LogP contribution in [0.15, 0.2) is 36.4 Å². The van der Waals surface area contributed by atoms with Crippen molar-refractivity contribution in [2.45, 2.75) is 40.7 Å². The molecule has 0 saturated heterocycles. The number of nitrogens with one attached hydrogen (secondary N) is 1. The summed E-state index contributed by atoms with van der Waals surface area (Å²) < 4.78 is 10.9. The number of amides is 1. The molecule has 0 heterocycles. The summed E-state index contributed by atoms with van der Waals surface area (Å²) >= 11 is 0. The van der Waals surface area contributed by atoms with Gasteiger partial charge in [0.15, 0.2) is 6.10 Å². The molecule has 0 aliphatic rings. The molecule has 138 valence electrons. The minimum Gasteiger partial charge on any atom is -0.481 e. The lowest BCUT2D eigenvalue weighted by Gasteiger charge is -2.18. The molecule has 0 aliphatic heterocycles. The van der Waals surface area contributed by atoms with E-state index in [2.05, 4.69) is 5.32 Å². The van der Waals surface area contributed by atoms with Gasteiger partial charge in [-0.15, -0.1) is 0 Å². The van der Waals surface area contributed by atoms with Gasteiger partial charge in [-0.1, -0.05) is 18.2 Å². The van der Waals surface area contributed by atoms with Gasteiger partial charge in [0.25, 0.3) is 5.91 Å². The second kappa shape index (κ2) is 8.52. The summed E-state index contributed by atoms with van der Waals surface area (Å²) in [6, 6.07) is 11.0. The first-order valence-corrected chi connectivity index (χ1v) is 8.65. The van der Waals surface area contributed by atoms with Crippen molar-refractivity contribution in [3.8, 4) is 5.75 Å². The Morgan fingerprint density at radius 2 is 1.85 bits per heavy atom. The van der Waals surface area contributed by atoms with Crippen LogP contribution in [0.4, 0.5) is 5.69 Å². The Labute approximate surface area is 154 Å². The second-order valence-electron chi connectivity index (χ2n) is 6.22. The first-order valence-electron chi connectivity index (χ1n) is 8.65. The van der Waals surface area contributed by atoms with E-state index >= 15 is 0 Å². The molecule has 0 fully saturated rings. The number of esters is 1. The van der Waals surface area contributed by atoms with Crippen molar-refractivity contribution in [3.63, 3.8) is 0 Å². The third-order valence-corrected chi connectivity index (χ3v) is 4.10. The highest BCUT2D eigenvalue weighted by Gasteiger charge is 2.19. The van der Waals surface area contributed by atoms with Crippen LogP contribution >= 0.6 is 0 Å². The minimum absolute atomic E-state index is 0.282. The summed E-state index contributed by atoms with van der Waals surface area (Å²) in [4.78, 5) is 24.5. The van der Waals surface area contributed by atoms with Crippen LogP contribution in [0.2, 0.25) is 0 Å². The number of hydrogen-bond acceptors (Lipinski definition) is 4. The Hall–Kier alpha value is -2.82. The average Bonchev–Trinajstić information content (AvgIpc) is 2.60. The first kappa shape index (κ1) is 19.5. The topological polar surface area (TPSA) is 64.6 Å². The van der Waals surface area contributed by atoms with Gasteiger partial charge in [0.05, 0.1) is 12.2 Å². The van der Waals surface area contributed by atoms with Gasteiger partial charge in [-0.3, -0.25) is 4.79 Å².